The molecule has 0 amide bonds. The summed E-state index contributed by atoms with van der Waals surface area (Å²) in [6.45, 7) is 8.92. The zero-order valence-corrected chi connectivity index (χ0v) is 10.3. The fraction of sp³-hybridized carbons (Fsp3) is 0.714. The molecule has 0 aliphatic heterocycles. The van der Waals surface area contributed by atoms with Crippen LogP contribution in [-0.4, -0.2) is 0 Å². The quantitative estimate of drug-likeness (QED) is 0.502. The molecule has 0 saturated heterocycles. The van der Waals surface area contributed by atoms with Gasteiger partial charge in [0.1, 0.15) is 0 Å². The molecule has 0 spiro atoms. The van der Waals surface area contributed by atoms with Gasteiger partial charge in [-0.25, -0.2) is 0 Å². The molecule has 0 fully saturated rings. The van der Waals surface area contributed by atoms with Crippen LogP contribution in [0.25, 0.3) is 0 Å². The molecule has 0 heterocycles. The predicted octanol–water partition coefficient (Wildman–Crippen LogP) is 4.97. The second kappa shape index (κ2) is 9.05. The SMILES string of the molecule is CC=CC(C=CCCC)C(CC)CC. The van der Waals surface area contributed by atoms with Crippen molar-refractivity contribution in [1.82, 2.24) is 0 Å². The van der Waals surface area contributed by atoms with Crippen LogP contribution in [0, 0.1) is 11.8 Å². The maximum Gasteiger partial charge on any atom is -0.00255 e. The molecule has 0 aliphatic rings. The molecule has 0 bridgehead atoms. The molecule has 0 aliphatic carbocycles. The molecule has 0 aromatic carbocycles. The molecule has 0 nitrogen and oxygen atoms in total. The van der Waals surface area contributed by atoms with Crippen LogP contribution in [-0.2, 0) is 0 Å². The standard InChI is InChI=1S/C14H26/c1-5-9-10-12-14(11-6-2)13(7-3)8-4/h6,10-14H,5,7-9H2,1-4H3. The topological polar surface area (TPSA) is 0 Å². The normalized spacial score (nSPS) is 14.6. The first-order valence-corrected chi connectivity index (χ1v) is 6.09. The maximum atomic E-state index is 2.39. The lowest BCUT2D eigenvalue weighted by Gasteiger charge is -2.18. The highest BCUT2D eigenvalue weighted by molar-refractivity contribution is 5.02. The first kappa shape index (κ1) is 13.5. The molecular formula is C14H26. The Labute approximate surface area is 90.1 Å². The van der Waals surface area contributed by atoms with Gasteiger partial charge in [-0.3, -0.25) is 0 Å². The van der Waals surface area contributed by atoms with Crippen LogP contribution >= 0.6 is 0 Å². The first-order valence-electron chi connectivity index (χ1n) is 6.09. The van der Waals surface area contributed by atoms with Crippen molar-refractivity contribution < 1.29 is 0 Å². The molecule has 82 valence electrons. The zero-order valence-electron chi connectivity index (χ0n) is 10.3. The van der Waals surface area contributed by atoms with Crippen LogP contribution in [0.4, 0.5) is 0 Å². The monoisotopic (exact) mass is 194 g/mol. The van der Waals surface area contributed by atoms with E-state index in [1.54, 1.807) is 0 Å². The van der Waals surface area contributed by atoms with Crippen molar-refractivity contribution in [3.8, 4) is 0 Å². The third kappa shape index (κ3) is 5.26. The molecular weight excluding hydrogens is 168 g/mol. The molecule has 0 aromatic heterocycles. The minimum Gasteiger partial charge on any atom is -0.0911 e. The molecule has 0 rings (SSSR count). The molecule has 1 atom stereocenters. The van der Waals surface area contributed by atoms with Gasteiger partial charge in [-0.1, -0.05) is 64.3 Å². The number of hydrogen-bond acceptors (Lipinski definition) is 0. The van der Waals surface area contributed by atoms with Gasteiger partial charge in [0.2, 0.25) is 0 Å². The van der Waals surface area contributed by atoms with Gasteiger partial charge < -0.3 is 0 Å². The summed E-state index contributed by atoms with van der Waals surface area (Å²) in [5.74, 6) is 1.47. The van der Waals surface area contributed by atoms with E-state index in [2.05, 4.69) is 52.0 Å². The van der Waals surface area contributed by atoms with E-state index in [1.807, 2.05) is 0 Å². The summed E-state index contributed by atoms with van der Waals surface area (Å²) in [6.07, 6.45) is 14.3. The van der Waals surface area contributed by atoms with E-state index in [9.17, 15) is 0 Å². The third-order valence-corrected chi connectivity index (χ3v) is 2.82. The van der Waals surface area contributed by atoms with Crippen molar-refractivity contribution in [2.24, 2.45) is 11.8 Å². The van der Waals surface area contributed by atoms with E-state index >= 15 is 0 Å². The summed E-state index contributed by atoms with van der Waals surface area (Å²) < 4.78 is 0. The number of rotatable bonds is 7. The van der Waals surface area contributed by atoms with Gasteiger partial charge in [0.05, 0.1) is 0 Å². The molecule has 0 aromatic rings. The predicted molar refractivity (Wildman–Crippen MR) is 66.4 cm³/mol. The van der Waals surface area contributed by atoms with E-state index in [-0.39, 0.29) is 0 Å². The summed E-state index contributed by atoms with van der Waals surface area (Å²) >= 11 is 0. The van der Waals surface area contributed by atoms with Gasteiger partial charge in [0.15, 0.2) is 0 Å². The Morgan fingerprint density at radius 3 is 2.07 bits per heavy atom. The molecule has 0 radical (unpaired) electrons. The second-order valence-electron chi connectivity index (χ2n) is 3.90. The molecule has 0 saturated carbocycles. The molecule has 14 heavy (non-hydrogen) atoms. The molecule has 1 unspecified atom stereocenters. The van der Waals surface area contributed by atoms with Crippen LogP contribution in [0.2, 0.25) is 0 Å². The van der Waals surface area contributed by atoms with E-state index < -0.39 is 0 Å². The lowest BCUT2D eigenvalue weighted by molar-refractivity contribution is 0.424. The summed E-state index contributed by atoms with van der Waals surface area (Å²) in [5.41, 5.74) is 0. The third-order valence-electron chi connectivity index (χ3n) is 2.82. The van der Waals surface area contributed by atoms with Crippen molar-refractivity contribution in [3.63, 3.8) is 0 Å². The minimum atomic E-state index is 0.654. The van der Waals surface area contributed by atoms with E-state index in [0.717, 1.165) is 5.92 Å². The van der Waals surface area contributed by atoms with Crippen molar-refractivity contribution in [2.75, 3.05) is 0 Å². The summed E-state index contributed by atoms with van der Waals surface area (Å²) in [4.78, 5) is 0. The van der Waals surface area contributed by atoms with Crippen molar-refractivity contribution in [3.05, 3.63) is 24.3 Å². The van der Waals surface area contributed by atoms with Gasteiger partial charge in [-0.05, 0) is 25.2 Å². The van der Waals surface area contributed by atoms with Gasteiger partial charge in [0, 0.05) is 0 Å². The average molecular weight is 194 g/mol. The fourth-order valence-electron chi connectivity index (χ4n) is 1.85. The van der Waals surface area contributed by atoms with Gasteiger partial charge >= 0.3 is 0 Å². The van der Waals surface area contributed by atoms with Gasteiger partial charge in [0.25, 0.3) is 0 Å². The summed E-state index contributed by atoms with van der Waals surface area (Å²) in [6, 6.07) is 0. The van der Waals surface area contributed by atoms with Gasteiger partial charge in [-0.15, -0.1) is 0 Å². The Kier molecular flexibility index (Phi) is 8.72. The smallest absolute Gasteiger partial charge is 0.00255 e. The second-order valence-corrected chi connectivity index (χ2v) is 3.90. The largest absolute Gasteiger partial charge is 0.0911 e. The number of allylic oxidation sites excluding steroid dienone is 4. The molecule has 0 N–H and O–H groups in total. The fourth-order valence-corrected chi connectivity index (χ4v) is 1.85. The zero-order chi connectivity index (χ0) is 10.8. The number of unbranched alkanes of at least 4 members (excludes halogenated alkanes) is 1. The lowest BCUT2D eigenvalue weighted by Crippen LogP contribution is -2.08. The van der Waals surface area contributed by atoms with Gasteiger partial charge in [-0.2, -0.15) is 0 Å². The Hall–Kier alpha value is -0.520. The highest BCUT2D eigenvalue weighted by atomic mass is 14.2. The Morgan fingerprint density at radius 1 is 1.00 bits per heavy atom. The Balaban J connectivity index is 4.25. The summed E-state index contributed by atoms with van der Waals surface area (Å²) in [7, 11) is 0. The number of hydrogen-bond donors (Lipinski definition) is 0. The highest BCUT2D eigenvalue weighted by Crippen LogP contribution is 2.22. The first-order chi connectivity index (χ1) is 6.79. The van der Waals surface area contributed by atoms with Crippen LogP contribution in [0.1, 0.15) is 53.4 Å². The average Bonchev–Trinajstić information content (AvgIpc) is 2.20. The van der Waals surface area contributed by atoms with E-state index in [0.29, 0.717) is 5.92 Å². The van der Waals surface area contributed by atoms with Crippen molar-refractivity contribution in [1.29, 1.82) is 0 Å². The highest BCUT2D eigenvalue weighted by Gasteiger charge is 2.11. The van der Waals surface area contributed by atoms with Crippen molar-refractivity contribution >= 4 is 0 Å². The van der Waals surface area contributed by atoms with E-state index in [4.69, 9.17) is 0 Å². The molecule has 0 heteroatoms. The van der Waals surface area contributed by atoms with E-state index in [1.165, 1.54) is 25.7 Å². The Morgan fingerprint density at radius 2 is 1.64 bits per heavy atom. The minimum absolute atomic E-state index is 0.654. The van der Waals surface area contributed by atoms with Crippen LogP contribution in [0.3, 0.4) is 0 Å². The van der Waals surface area contributed by atoms with Crippen molar-refractivity contribution in [2.45, 2.75) is 53.4 Å². The van der Waals surface area contributed by atoms with Crippen LogP contribution in [0.15, 0.2) is 24.3 Å². The van der Waals surface area contributed by atoms with Crippen LogP contribution < -0.4 is 0 Å². The van der Waals surface area contributed by atoms with Crippen LogP contribution in [0.5, 0.6) is 0 Å². The summed E-state index contributed by atoms with van der Waals surface area (Å²) in [5, 5.41) is 0. The lowest BCUT2D eigenvalue weighted by atomic mass is 9.87. The Bertz CT molecular complexity index is 161. The maximum absolute atomic E-state index is 2.39.